The van der Waals surface area contributed by atoms with Crippen LogP contribution in [0.4, 0.5) is 0 Å². The number of carbonyl (C=O) groups is 1. The zero-order valence-electron chi connectivity index (χ0n) is 15.8. The van der Waals surface area contributed by atoms with Crippen LogP contribution in [-0.4, -0.2) is 34.5 Å². The van der Waals surface area contributed by atoms with Crippen LogP contribution in [0, 0.1) is 17.8 Å². The smallest absolute Gasteiger partial charge is 0.303 e. The number of rotatable bonds is 9. The number of hydrogen-bond acceptors (Lipinski definition) is 3. The molecular formula is C22H34O4. The van der Waals surface area contributed by atoms with E-state index in [9.17, 15) is 9.90 Å². The number of aliphatic hydroxyl groups is 1. The van der Waals surface area contributed by atoms with Crippen LogP contribution in [-0.2, 0) is 9.53 Å². The number of fused-ring (bicyclic) bond motifs is 2. The molecule has 3 fully saturated rings. The number of ether oxygens (including phenoxy) is 1. The molecule has 4 nitrogen and oxygen atoms in total. The molecule has 0 aromatic carbocycles. The van der Waals surface area contributed by atoms with E-state index in [1.165, 1.54) is 19.3 Å². The minimum atomic E-state index is -0.721. The molecule has 0 aromatic heterocycles. The zero-order valence-corrected chi connectivity index (χ0v) is 15.8. The molecule has 2 aliphatic heterocycles. The molecule has 3 rings (SSSR count). The zero-order chi connectivity index (χ0) is 18.4. The van der Waals surface area contributed by atoms with Gasteiger partial charge < -0.3 is 14.9 Å². The van der Waals surface area contributed by atoms with E-state index in [2.05, 4.69) is 18.2 Å². The van der Waals surface area contributed by atoms with Crippen LogP contribution < -0.4 is 0 Å². The van der Waals surface area contributed by atoms with E-state index < -0.39 is 5.97 Å². The Morgan fingerprint density at radius 3 is 2.62 bits per heavy atom. The molecule has 0 amide bonds. The van der Waals surface area contributed by atoms with Crippen molar-refractivity contribution >= 4 is 5.97 Å². The first-order valence-corrected chi connectivity index (χ1v) is 10.5. The lowest BCUT2D eigenvalue weighted by Crippen LogP contribution is -2.26. The van der Waals surface area contributed by atoms with Crippen LogP contribution in [0.2, 0.25) is 0 Å². The van der Waals surface area contributed by atoms with Crippen molar-refractivity contribution in [3.05, 3.63) is 24.3 Å². The van der Waals surface area contributed by atoms with Gasteiger partial charge >= 0.3 is 5.97 Å². The van der Waals surface area contributed by atoms with Gasteiger partial charge in [0.2, 0.25) is 0 Å². The van der Waals surface area contributed by atoms with E-state index in [0.717, 1.165) is 38.5 Å². The molecule has 0 aromatic rings. The minimum absolute atomic E-state index is 0.242. The average molecular weight is 363 g/mol. The molecule has 26 heavy (non-hydrogen) atoms. The molecule has 3 aliphatic rings. The molecule has 146 valence electrons. The predicted octanol–water partition coefficient (Wildman–Crippen LogP) is 4.48. The van der Waals surface area contributed by atoms with Crippen LogP contribution >= 0.6 is 0 Å². The lowest BCUT2D eigenvalue weighted by Gasteiger charge is -2.27. The van der Waals surface area contributed by atoms with Crippen molar-refractivity contribution in [3.63, 3.8) is 0 Å². The Hall–Kier alpha value is -1.13. The molecule has 2 saturated heterocycles. The number of hydrogen-bond donors (Lipinski definition) is 2. The maximum atomic E-state index is 10.5. The molecule has 1 aliphatic carbocycles. The van der Waals surface area contributed by atoms with Crippen LogP contribution in [0.15, 0.2) is 24.3 Å². The predicted molar refractivity (Wildman–Crippen MR) is 102 cm³/mol. The van der Waals surface area contributed by atoms with Crippen molar-refractivity contribution in [2.24, 2.45) is 17.8 Å². The lowest BCUT2D eigenvalue weighted by molar-refractivity contribution is -0.137. The highest BCUT2D eigenvalue weighted by Crippen LogP contribution is 2.46. The first-order chi connectivity index (χ1) is 12.6. The number of carboxylic acid groups (broad SMARTS) is 1. The Labute approximate surface area is 157 Å². The quantitative estimate of drug-likeness (QED) is 0.469. The maximum absolute atomic E-state index is 10.5. The summed E-state index contributed by atoms with van der Waals surface area (Å²) >= 11 is 0. The fraction of sp³-hybridized carbons (Fsp3) is 0.773. The van der Waals surface area contributed by atoms with Crippen molar-refractivity contribution < 1.29 is 19.7 Å². The summed E-state index contributed by atoms with van der Waals surface area (Å²) in [5.41, 5.74) is 0. The second kappa shape index (κ2) is 9.70. The van der Waals surface area contributed by atoms with Crippen molar-refractivity contribution in [1.29, 1.82) is 0 Å². The van der Waals surface area contributed by atoms with E-state index >= 15 is 0 Å². The molecule has 0 radical (unpaired) electrons. The fourth-order valence-corrected chi connectivity index (χ4v) is 5.00. The van der Waals surface area contributed by atoms with E-state index in [4.69, 9.17) is 9.84 Å². The molecule has 1 saturated carbocycles. The van der Waals surface area contributed by atoms with Gasteiger partial charge in [0, 0.05) is 12.3 Å². The van der Waals surface area contributed by atoms with Crippen LogP contribution in [0.5, 0.6) is 0 Å². The van der Waals surface area contributed by atoms with Gasteiger partial charge in [-0.25, -0.2) is 0 Å². The second-order valence-electron chi connectivity index (χ2n) is 8.30. The van der Waals surface area contributed by atoms with Crippen molar-refractivity contribution in [1.82, 2.24) is 0 Å². The van der Waals surface area contributed by atoms with Gasteiger partial charge in [-0.2, -0.15) is 0 Å². The normalized spacial score (nSPS) is 33.4. The topological polar surface area (TPSA) is 66.8 Å². The van der Waals surface area contributed by atoms with Gasteiger partial charge in [-0.3, -0.25) is 4.79 Å². The van der Waals surface area contributed by atoms with Gasteiger partial charge in [0.1, 0.15) is 0 Å². The summed E-state index contributed by atoms with van der Waals surface area (Å²) in [5.74, 6) is 0.628. The van der Waals surface area contributed by atoms with Crippen LogP contribution in [0.1, 0.15) is 70.6 Å². The Kier molecular flexibility index (Phi) is 7.32. The second-order valence-corrected chi connectivity index (χ2v) is 8.30. The summed E-state index contributed by atoms with van der Waals surface area (Å²) in [4.78, 5) is 10.5. The van der Waals surface area contributed by atoms with Gasteiger partial charge in [0.15, 0.2) is 0 Å². The summed E-state index contributed by atoms with van der Waals surface area (Å²) in [6.45, 7) is 0. The summed E-state index contributed by atoms with van der Waals surface area (Å²) in [6.07, 6.45) is 20.2. The van der Waals surface area contributed by atoms with E-state index in [1.807, 2.05) is 6.08 Å². The standard InChI is InChI=1S/C22H34O4/c23-19(16-8-4-3-5-9-16)13-12-18-17(20-14-15-21(18)26-20)10-6-1-2-7-11-22(24)25/h1,6,12-13,16-21,23H,2-5,7-11,14-15H2,(H,24,25)/t17-,18-,19?,20+,21-/m0/s1. The van der Waals surface area contributed by atoms with Crippen molar-refractivity contribution in [3.8, 4) is 0 Å². The number of allylic oxidation sites excluding steroid dienone is 2. The Bertz CT molecular complexity index is 506. The molecule has 2 bridgehead atoms. The molecule has 4 heteroatoms. The molecule has 1 unspecified atom stereocenters. The molecule has 0 spiro atoms. The van der Waals surface area contributed by atoms with E-state index in [1.54, 1.807) is 0 Å². The molecule has 5 atom stereocenters. The number of carboxylic acids is 1. The third-order valence-electron chi connectivity index (χ3n) is 6.49. The minimum Gasteiger partial charge on any atom is -0.481 e. The van der Waals surface area contributed by atoms with Gasteiger partial charge in [0.05, 0.1) is 18.3 Å². The van der Waals surface area contributed by atoms with Gasteiger partial charge in [-0.05, 0) is 56.8 Å². The summed E-state index contributed by atoms with van der Waals surface area (Å²) in [5, 5.41) is 19.2. The monoisotopic (exact) mass is 362 g/mol. The molecule has 2 N–H and O–H groups in total. The first kappa shape index (κ1) is 19.6. The van der Waals surface area contributed by atoms with Crippen LogP contribution in [0.25, 0.3) is 0 Å². The first-order valence-electron chi connectivity index (χ1n) is 10.5. The SMILES string of the molecule is O=C(O)CCCC=CC[C@H]1[C@H](C=CC(O)C2CCCCC2)[C@@H]2CC[C@H]1O2. The third kappa shape index (κ3) is 5.20. The molecule has 2 heterocycles. The number of aliphatic carboxylic acids is 1. The highest BCUT2D eigenvalue weighted by molar-refractivity contribution is 5.66. The Balaban J connectivity index is 1.49. The highest BCUT2D eigenvalue weighted by atomic mass is 16.5. The number of aliphatic hydroxyl groups excluding tert-OH is 1. The van der Waals surface area contributed by atoms with E-state index in [-0.39, 0.29) is 12.5 Å². The Morgan fingerprint density at radius 1 is 1.08 bits per heavy atom. The molecular weight excluding hydrogens is 328 g/mol. The summed E-state index contributed by atoms with van der Waals surface area (Å²) in [6, 6.07) is 0. The summed E-state index contributed by atoms with van der Waals surface area (Å²) in [7, 11) is 0. The fourth-order valence-electron chi connectivity index (χ4n) is 5.00. The van der Waals surface area contributed by atoms with Gasteiger partial charge in [-0.15, -0.1) is 0 Å². The van der Waals surface area contributed by atoms with Crippen molar-refractivity contribution in [2.75, 3.05) is 0 Å². The van der Waals surface area contributed by atoms with E-state index in [0.29, 0.717) is 36.4 Å². The summed E-state index contributed by atoms with van der Waals surface area (Å²) < 4.78 is 6.14. The van der Waals surface area contributed by atoms with Gasteiger partial charge in [-0.1, -0.05) is 43.6 Å². The third-order valence-corrected chi connectivity index (χ3v) is 6.49. The maximum Gasteiger partial charge on any atom is 0.303 e. The van der Waals surface area contributed by atoms with Crippen LogP contribution in [0.3, 0.4) is 0 Å². The highest BCUT2D eigenvalue weighted by Gasteiger charge is 2.46. The number of unbranched alkanes of at least 4 members (excludes halogenated alkanes) is 1. The largest absolute Gasteiger partial charge is 0.481 e. The van der Waals surface area contributed by atoms with Gasteiger partial charge in [0.25, 0.3) is 0 Å². The Morgan fingerprint density at radius 2 is 1.85 bits per heavy atom. The van der Waals surface area contributed by atoms with Crippen molar-refractivity contribution in [2.45, 2.75) is 88.9 Å². The average Bonchev–Trinajstić information content (AvgIpc) is 3.24. The lowest BCUT2D eigenvalue weighted by atomic mass is 9.76.